The lowest BCUT2D eigenvalue weighted by molar-refractivity contribution is 0.0497. The van der Waals surface area contributed by atoms with Gasteiger partial charge in [-0.3, -0.25) is 4.57 Å². The maximum atomic E-state index is 13.0. The van der Waals surface area contributed by atoms with Crippen molar-refractivity contribution in [1.29, 1.82) is 0 Å². The van der Waals surface area contributed by atoms with Crippen molar-refractivity contribution in [3.63, 3.8) is 0 Å². The normalized spacial score (nSPS) is 13.2. The molecule has 0 amide bonds. The number of azide groups is 1. The summed E-state index contributed by atoms with van der Waals surface area (Å²) in [5.41, 5.74) is 15.1. The minimum atomic E-state index is -3.52. The van der Waals surface area contributed by atoms with E-state index in [0.717, 1.165) is 0 Å². The molecule has 0 aromatic carbocycles. The molecule has 2 rings (SSSR count). The third kappa shape index (κ3) is 6.81. The molecule has 1 atom stereocenters. The van der Waals surface area contributed by atoms with E-state index < -0.39 is 13.7 Å². The van der Waals surface area contributed by atoms with Gasteiger partial charge < -0.3 is 24.1 Å². The average molecular weight is 447 g/mol. The largest absolute Gasteiger partial charge is 0.368 e. The molecule has 14 heteroatoms. The topological polar surface area (TPSA) is 163 Å². The highest BCUT2D eigenvalue weighted by Crippen LogP contribution is 2.50. The Labute approximate surface area is 172 Å². The molecule has 0 saturated carbocycles. The molecule has 160 valence electrons. The van der Waals surface area contributed by atoms with Gasteiger partial charge in [-0.05, 0) is 33.2 Å². The van der Waals surface area contributed by atoms with Crippen molar-refractivity contribution < 1.29 is 18.3 Å². The first-order valence-electron chi connectivity index (χ1n) is 8.85. The number of nitrogen functional groups attached to an aromatic ring is 1. The van der Waals surface area contributed by atoms with E-state index >= 15 is 0 Å². The first-order chi connectivity index (χ1) is 13.6. The predicted molar refractivity (Wildman–Crippen MR) is 109 cm³/mol. The van der Waals surface area contributed by atoms with Crippen molar-refractivity contribution in [2.45, 2.75) is 52.6 Å². The van der Waals surface area contributed by atoms with E-state index in [0.29, 0.717) is 11.2 Å². The van der Waals surface area contributed by atoms with Crippen LogP contribution in [0, 0.1) is 0 Å². The van der Waals surface area contributed by atoms with E-state index in [1.165, 1.54) is 6.33 Å². The Bertz CT molecular complexity index is 916. The SMILES string of the molecule is CC(C)OP(=O)(CO[C@H](CN=[N+]=[N-])Cn1cnc2c(Cl)nc(N)nc21)OC(C)C. The van der Waals surface area contributed by atoms with Crippen LogP contribution in [0.15, 0.2) is 11.4 Å². The minimum Gasteiger partial charge on any atom is -0.368 e. The molecule has 2 aromatic rings. The Balaban J connectivity index is 2.21. The Kier molecular flexibility index (Phi) is 8.21. The van der Waals surface area contributed by atoms with E-state index in [4.69, 9.17) is 36.7 Å². The van der Waals surface area contributed by atoms with Gasteiger partial charge in [0.25, 0.3) is 0 Å². The molecule has 2 N–H and O–H groups in total. The number of nitrogens with zero attached hydrogens (tertiary/aromatic N) is 7. The van der Waals surface area contributed by atoms with Crippen LogP contribution in [0.3, 0.4) is 0 Å². The number of hydrogen-bond donors (Lipinski definition) is 1. The van der Waals surface area contributed by atoms with Gasteiger partial charge >= 0.3 is 7.60 Å². The molecular weight excluding hydrogens is 423 g/mol. The Morgan fingerprint density at radius 3 is 2.55 bits per heavy atom. The molecule has 0 saturated heterocycles. The average Bonchev–Trinajstić information content (AvgIpc) is 2.98. The summed E-state index contributed by atoms with van der Waals surface area (Å²) in [7, 11) is -3.52. The van der Waals surface area contributed by atoms with E-state index in [2.05, 4.69) is 25.0 Å². The molecule has 0 radical (unpaired) electrons. The van der Waals surface area contributed by atoms with E-state index in [1.807, 2.05) is 0 Å². The third-order valence-electron chi connectivity index (χ3n) is 3.40. The van der Waals surface area contributed by atoms with Crippen LogP contribution in [0.5, 0.6) is 0 Å². The molecular formula is C15H24ClN8O4P. The van der Waals surface area contributed by atoms with Crippen molar-refractivity contribution >= 4 is 36.3 Å². The van der Waals surface area contributed by atoms with Crippen molar-refractivity contribution in [2.24, 2.45) is 5.11 Å². The maximum absolute atomic E-state index is 13.0. The summed E-state index contributed by atoms with van der Waals surface area (Å²) < 4.78 is 31.3. The second-order valence-corrected chi connectivity index (χ2v) is 8.95. The summed E-state index contributed by atoms with van der Waals surface area (Å²) in [6, 6.07) is 0. The van der Waals surface area contributed by atoms with Gasteiger partial charge in [0.1, 0.15) is 11.9 Å². The zero-order valence-corrected chi connectivity index (χ0v) is 18.2. The van der Waals surface area contributed by atoms with Crippen LogP contribution in [0.2, 0.25) is 5.15 Å². The number of fused-ring (bicyclic) bond motifs is 1. The maximum Gasteiger partial charge on any atom is 0.356 e. The fourth-order valence-electron chi connectivity index (χ4n) is 2.49. The highest BCUT2D eigenvalue weighted by atomic mass is 35.5. The van der Waals surface area contributed by atoms with Gasteiger partial charge in [-0.25, -0.2) is 4.98 Å². The standard InChI is InChI=1S/C15H24ClN8O4P/c1-9(2)27-29(25,28-10(3)4)8-26-11(5-20-23-18)6-24-7-19-12-13(16)21-15(17)22-14(12)24/h7,9-11H,5-6,8H2,1-4H3,(H2,17,21,22)/t11-/m1/s1. The first-order valence-corrected chi connectivity index (χ1v) is 11.0. The number of ether oxygens (including phenoxy) is 1. The summed E-state index contributed by atoms with van der Waals surface area (Å²) >= 11 is 6.04. The zero-order chi connectivity index (χ0) is 21.6. The lowest BCUT2D eigenvalue weighted by Crippen LogP contribution is -2.25. The fourth-order valence-corrected chi connectivity index (χ4v) is 4.56. The van der Waals surface area contributed by atoms with Crippen LogP contribution in [-0.4, -0.2) is 50.7 Å². The fraction of sp³-hybridized carbons (Fsp3) is 0.667. The molecule has 12 nitrogen and oxygen atoms in total. The quantitative estimate of drug-likeness (QED) is 0.179. The highest BCUT2D eigenvalue weighted by Gasteiger charge is 2.30. The number of rotatable bonds is 11. The van der Waals surface area contributed by atoms with E-state index in [9.17, 15) is 4.57 Å². The molecule has 0 bridgehead atoms. The van der Waals surface area contributed by atoms with Crippen molar-refractivity contribution in [3.05, 3.63) is 21.9 Å². The van der Waals surface area contributed by atoms with Gasteiger partial charge in [-0.1, -0.05) is 16.7 Å². The number of aromatic nitrogens is 4. The number of anilines is 1. The molecule has 29 heavy (non-hydrogen) atoms. The van der Waals surface area contributed by atoms with Gasteiger partial charge in [0.05, 0.1) is 37.7 Å². The third-order valence-corrected chi connectivity index (χ3v) is 5.61. The molecule has 0 fully saturated rings. The molecule has 0 aliphatic rings. The number of halogens is 1. The van der Waals surface area contributed by atoms with Gasteiger partial charge in [0, 0.05) is 4.91 Å². The smallest absolute Gasteiger partial charge is 0.356 e. The number of nitrogens with two attached hydrogens (primary N) is 1. The Morgan fingerprint density at radius 2 is 1.97 bits per heavy atom. The van der Waals surface area contributed by atoms with Gasteiger partial charge in [-0.15, -0.1) is 0 Å². The zero-order valence-electron chi connectivity index (χ0n) is 16.6. The van der Waals surface area contributed by atoms with Crippen molar-refractivity contribution in [3.8, 4) is 0 Å². The lowest BCUT2D eigenvalue weighted by atomic mass is 10.3. The van der Waals surface area contributed by atoms with Crippen LogP contribution in [-0.2, 0) is 24.9 Å². The summed E-state index contributed by atoms with van der Waals surface area (Å²) in [6.07, 6.45) is -0.111. The van der Waals surface area contributed by atoms with E-state index in [1.54, 1.807) is 32.3 Å². The molecule has 2 heterocycles. The van der Waals surface area contributed by atoms with Crippen LogP contribution in [0.25, 0.3) is 21.6 Å². The van der Waals surface area contributed by atoms with Gasteiger partial charge in [0.15, 0.2) is 10.8 Å². The number of imidazole rings is 1. The summed E-state index contributed by atoms with van der Waals surface area (Å²) in [5.74, 6) is -0.00284. The van der Waals surface area contributed by atoms with Crippen LogP contribution < -0.4 is 5.73 Å². The lowest BCUT2D eigenvalue weighted by Gasteiger charge is -2.25. The molecule has 0 aliphatic heterocycles. The predicted octanol–water partition coefficient (Wildman–Crippen LogP) is 3.76. The molecule has 0 aliphatic carbocycles. The first kappa shape index (κ1) is 23.3. The molecule has 0 unspecified atom stereocenters. The van der Waals surface area contributed by atoms with Crippen LogP contribution in [0.4, 0.5) is 5.95 Å². The van der Waals surface area contributed by atoms with Crippen LogP contribution >= 0.6 is 19.2 Å². The molecule has 2 aromatic heterocycles. The second kappa shape index (κ2) is 10.2. The van der Waals surface area contributed by atoms with Crippen molar-refractivity contribution in [1.82, 2.24) is 19.5 Å². The van der Waals surface area contributed by atoms with Gasteiger partial charge in [-0.2, -0.15) is 9.97 Å². The highest BCUT2D eigenvalue weighted by molar-refractivity contribution is 7.53. The Morgan fingerprint density at radius 1 is 1.31 bits per heavy atom. The van der Waals surface area contributed by atoms with Gasteiger partial charge in [0.2, 0.25) is 5.95 Å². The van der Waals surface area contributed by atoms with Crippen LogP contribution in [0.1, 0.15) is 27.7 Å². The Hall–Kier alpha value is -1.94. The van der Waals surface area contributed by atoms with Crippen molar-refractivity contribution in [2.75, 3.05) is 18.6 Å². The summed E-state index contributed by atoms with van der Waals surface area (Å²) in [5, 5.41) is 3.68. The summed E-state index contributed by atoms with van der Waals surface area (Å²) in [6.45, 7) is 7.16. The van der Waals surface area contributed by atoms with E-state index in [-0.39, 0.29) is 42.7 Å². The summed E-state index contributed by atoms with van der Waals surface area (Å²) in [4.78, 5) is 14.9. The minimum absolute atomic E-state index is 0.00284. The second-order valence-electron chi connectivity index (χ2n) is 6.69. The number of hydrogen-bond acceptors (Lipinski definition) is 9. The monoisotopic (exact) mass is 446 g/mol. The molecule has 0 spiro atoms.